The van der Waals surface area contributed by atoms with E-state index in [1.165, 1.54) is 12.8 Å². The van der Waals surface area contributed by atoms with Gasteiger partial charge in [-0.2, -0.15) is 0 Å². The van der Waals surface area contributed by atoms with Crippen LogP contribution in [0.4, 0.5) is 0 Å². The third-order valence-electron chi connectivity index (χ3n) is 5.80. The molecule has 0 aromatic carbocycles. The monoisotopic (exact) mass is 315 g/mol. The lowest BCUT2D eigenvalue weighted by molar-refractivity contribution is 0.0152. The molecule has 3 heteroatoms. The third-order valence-corrected chi connectivity index (χ3v) is 7.89. The lowest BCUT2D eigenvalue weighted by atomic mass is 9.77. The SMILES string of the molecule is CC[C@@]1(C)C[C@@H](C)C(C)(C)[C@H]1OP(C)N(C(C)C)C(C)C. The van der Waals surface area contributed by atoms with Gasteiger partial charge in [-0.1, -0.05) is 34.6 Å². The lowest BCUT2D eigenvalue weighted by Crippen LogP contribution is -2.40. The second-order valence-corrected chi connectivity index (χ2v) is 10.1. The van der Waals surface area contributed by atoms with Crippen molar-refractivity contribution in [1.82, 2.24) is 4.67 Å². The number of nitrogens with zero attached hydrogens (tertiary/aromatic N) is 1. The van der Waals surface area contributed by atoms with Gasteiger partial charge < -0.3 is 4.52 Å². The van der Waals surface area contributed by atoms with Crippen LogP contribution in [-0.4, -0.2) is 29.5 Å². The summed E-state index contributed by atoms with van der Waals surface area (Å²) in [6.45, 7) is 23.4. The van der Waals surface area contributed by atoms with Crippen LogP contribution in [0.15, 0.2) is 0 Å². The quantitative estimate of drug-likeness (QED) is 0.565. The van der Waals surface area contributed by atoms with Crippen molar-refractivity contribution in [3.63, 3.8) is 0 Å². The van der Waals surface area contributed by atoms with E-state index in [1.54, 1.807) is 0 Å². The van der Waals surface area contributed by atoms with Crippen molar-refractivity contribution in [1.29, 1.82) is 0 Å². The Bertz CT molecular complexity index is 334. The summed E-state index contributed by atoms with van der Waals surface area (Å²) in [5, 5.41) is 0. The zero-order valence-corrected chi connectivity index (χ0v) is 16.9. The minimum Gasteiger partial charge on any atom is -0.339 e. The highest BCUT2D eigenvalue weighted by Gasteiger charge is 2.54. The molecule has 0 heterocycles. The van der Waals surface area contributed by atoms with Crippen molar-refractivity contribution in [3.05, 3.63) is 0 Å². The molecule has 1 unspecified atom stereocenters. The van der Waals surface area contributed by atoms with Crippen LogP contribution in [0.25, 0.3) is 0 Å². The molecule has 0 saturated heterocycles. The van der Waals surface area contributed by atoms with Crippen molar-refractivity contribution in [2.24, 2.45) is 16.7 Å². The van der Waals surface area contributed by atoms with Crippen molar-refractivity contribution < 1.29 is 4.52 Å². The summed E-state index contributed by atoms with van der Waals surface area (Å²) in [7, 11) is -0.542. The number of hydrogen-bond acceptors (Lipinski definition) is 2. The Morgan fingerprint density at radius 1 is 1.14 bits per heavy atom. The molecule has 4 atom stereocenters. The van der Waals surface area contributed by atoms with Crippen LogP contribution in [0.3, 0.4) is 0 Å². The van der Waals surface area contributed by atoms with Crippen LogP contribution >= 0.6 is 8.30 Å². The first-order valence-electron chi connectivity index (χ1n) is 8.66. The van der Waals surface area contributed by atoms with Crippen molar-refractivity contribution in [2.75, 3.05) is 6.66 Å². The van der Waals surface area contributed by atoms with Gasteiger partial charge in [0.2, 0.25) is 0 Å². The van der Waals surface area contributed by atoms with Crippen LogP contribution in [0, 0.1) is 16.7 Å². The van der Waals surface area contributed by atoms with E-state index in [-0.39, 0.29) is 5.41 Å². The average molecular weight is 315 g/mol. The normalized spacial score (nSPS) is 34.1. The summed E-state index contributed by atoms with van der Waals surface area (Å²) >= 11 is 0. The Labute approximate surface area is 134 Å². The van der Waals surface area contributed by atoms with Gasteiger partial charge in [-0.05, 0) is 63.9 Å². The minimum atomic E-state index is -0.542. The molecule has 0 aromatic rings. The largest absolute Gasteiger partial charge is 0.339 e. The van der Waals surface area contributed by atoms with Crippen molar-refractivity contribution >= 4 is 8.30 Å². The molecular weight excluding hydrogens is 277 g/mol. The molecule has 0 spiro atoms. The van der Waals surface area contributed by atoms with Crippen molar-refractivity contribution in [3.8, 4) is 0 Å². The summed E-state index contributed by atoms with van der Waals surface area (Å²) in [5.41, 5.74) is 0.583. The van der Waals surface area contributed by atoms with E-state index in [0.29, 0.717) is 23.6 Å². The first-order valence-corrected chi connectivity index (χ1v) is 10.3. The predicted octanol–water partition coefficient (Wildman–Crippen LogP) is 5.91. The Kier molecular flexibility index (Phi) is 6.33. The molecule has 126 valence electrons. The van der Waals surface area contributed by atoms with Crippen LogP contribution in [0.1, 0.15) is 75.2 Å². The fourth-order valence-electron chi connectivity index (χ4n) is 4.27. The molecule has 0 amide bonds. The molecule has 1 fully saturated rings. The number of rotatable bonds is 6. The van der Waals surface area contributed by atoms with E-state index in [0.717, 1.165) is 5.92 Å². The topological polar surface area (TPSA) is 12.5 Å². The van der Waals surface area contributed by atoms with Gasteiger partial charge in [-0.25, -0.2) is 0 Å². The zero-order valence-electron chi connectivity index (χ0n) is 16.0. The summed E-state index contributed by atoms with van der Waals surface area (Å²) < 4.78 is 9.33. The molecular formula is C18H38NOP. The second kappa shape index (κ2) is 6.85. The molecule has 0 aliphatic heterocycles. The standard InChI is InChI=1S/C18H38NOP/c1-11-18(9)12-15(6)17(7,8)16(18)20-21(10)19(13(2)3)14(4)5/h13-16H,11-12H2,1-10H3/t15-,16-,18+,21?/m1/s1. The van der Waals surface area contributed by atoms with E-state index in [2.05, 4.69) is 73.6 Å². The molecule has 21 heavy (non-hydrogen) atoms. The van der Waals surface area contributed by atoms with Gasteiger partial charge in [0.1, 0.15) is 8.30 Å². The molecule has 2 nitrogen and oxygen atoms in total. The van der Waals surface area contributed by atoms with Gasteiger partial charge in [0.25, 0.3) is 0 Å². The maximum absolute atomic E-state index is 6.78. The van der Waals surface area contributed by atoms with Crippen molar-refractivity contribution in [2.45, 2.75) is 93.3 Å². The summed E-state index contributed by atoms with van der Waals surface area (Å²) in [4.78, 5) is 0. The molecule has 1 aliphatic rings. The smallest absolute Gasteiger partial charge is 0.102 e. The first kappa shape index (κ1) is 19.4. The fraction of sp³-hybridized carbons (Fsp3) is 1.00. The summed E-state index contributed by atoms with van der Waals surface area (Å²) in [5.74, 6) is 0.724. The third kappa shape index (κ3) is 3.82. The second-order valence-electron chi connectivity index (χ2n) is 8.45. The van der Waals surface area contributed by atoms with E-state index >= 15 is 0 Å². The average Bonchev–Trinajstić information content (AvgIpc) is 2.49. The summed E-state index contributed by atoms with van der Waals surface area (Å²) in [6.07, 6.45) is 2.85. The van der Waals surface area contributed by atoms with E-state index in [9.17, 15) is 0 Å². The van der Waals surface area contributed by atoms with Crippen LogP contribution in [0.2, 0.25) is 0 Å². The van der Waals surface area contributed by atoms with Gasteiger partial charge >= 0.3 is 0 Å². The van der Waals surface area contributed by atoms with Gasteiger partial charge in [-0.15, -0.1) is 0 Å². The Morgan fingerprint density at radius 3 is 2.00 bits per heavy atom. The molecule has 0 bridgehead atoms. The predicted molar refractivity (Wildman–Crippen MR) is 95.8 cm³/mol. The van der Waals surface area contributed by atoms with Crippen LogP contribution in [0.5, 0.6) is 0 Å². The van der Waals surface area contributed by atoms with E-state index in [1.807, 2.05) is 0 Å². The van der Waals surface area contributed by atoms with Gasteiger partial charge in [-0.3, -0.25) is 4.67 Å². The summed E-state index contributed by atoms with van der Waals surface area (Å²) in [6, 6.07) is 1.08. The first-order chi connectivity index (χ1) is 9.47. The van der Waals surface area contributed by atoms with E-state index in [4.69, 9.17) is 4.52 Å². The highest BCUT2D eigenvalue weighted by molar-refractivity contribution is 7.49. The Balaban J connectivity index is 2.97. The Hall–Kier alpha value is 0.350. The molecule has 0 aromatic heterocycles. The van der Waals surface area contributed by atoms with Crippen LogP contribution in [-0.2, 0) is 4.52 Å². The zero-order chi connectivity index (χ0) is 16.6. The number of hydrogen-bond donors (Lipinski definition) is 0. The molecule has 1 saturated carbocycles. The lowest BCUT2D eigenvalue weighted by Gasteiger charge is -2.43. The van der Waals surface area contributed by atoms with Gasteiger partial charge in [0.15, 0.2) is 0 Å². The van der Waals surface area contributed by atoms with Gasteiger partial charge in [0.05, 0.1) is 6.10 Å². The van der Waals surface area contributed by atoms with Gasteiger partial charge in [0, 0.05) is 12.1 Å². The Morgan fingerprint density at radius 2 is 1.62 bits per heavy atom. The maximum Gasteiger partial charge on any atom is 0.102 e. The molecule has 0 N–H and O–H groups in total. The molecule has 0 radical (unpaired) electrons. The highest BCUT2D eigenvalue weighted by atomic mass is 31.2. The minimum absolute atomic E-state index is 0.265. The highest BCUT2D eigenvalue weighted by Crippen LogP contribution is 2.59. The van der Waals surface area contributed by atoms with E-state index < -0.39 is 8.30 Å². The molecule has 1 rings (SSSR count). The fourth-order valence-corrected chi connectivity index (χ4v) is 6.51. The van der Waals surface area contributed by atoms with Crippen LogP contribution < -0.4 is 0 Å². The molecule has 1 aliphatic carbocycles. The maximum atomic E-state index is 6.78.